The molecule has 0 bridgehead atoms. The van der Waals surface area contributed by atoms with Crippen molar-refractivity contribution in [1.82, 2.24) is 8.80 Å². The van der Waals surface area contributed by atoms with Crippen LogP contribution in [-0.2, 0) is 0 Å². The monoisotopic (exact) mass is 656 g/mol. The van der Waals surface area contributed by atoms with Crippen molar-refractivity contribution in [3.8, 4) is 22.3 Å². The largest absolute Gasteiger partial charge is 0.308 e. The topological polar surface area (TPSA) is 8.82 Å². The van der Waals surface area contributed by atoms with Gasteiger partial charge in [0.05, 0.1) is 33.1 Å². The number of para-hydroxylation sites is 2. The molecule has 0 aliphatic rings. The zero-order valence-corrected chi connectivity index (χ0v) is 28.1. The molecular formula is C50H28N2. The molecule has 0 aliphatic carbocycles. The van der Waals surface area contributed by atoms with Crippen molar-refractivity contribution in [2.45, 2.75) is 0 Å². The molecule has 2 heteroatoms. The first-order valence-electron chi connectivity index (χ1n) is 18.1. The van der Waals surface area contributed by atoms with Crippen LogP contribution in [0.15, 0.2) is 170 Å². The maximum absolute atomic E-state index is 2.53. The molecule has 0 radical (unpaired) electrons. The molecule has 4 aromatic heterocycles. The predicted octanol–water partition coefficient (Wildman–Crippen LogP) is 13.6. The lowest BCUT2D eigenvalue weighted by Gasteiger charge is -2.08. The van der Waals surface area contributed by atoms with Gasteiger partial charge in [-0.2, -0.15) is 0 Å². The van der Waals surface area contributed by atoms with Gasteiger partial charge in [0.15, 0.2) is 0 Å². The fourth-order valence-corrected chi connectivity index (χ4v) is 9.70. The van der Waals surface area contributed by atoms with Crippen molar-refractivity contribution in [2.75, 3.05) is 0 Å². The van der Waals surface area contributed by atoms with Gasteiger partial charge in [-0.25, -0.2) is 0 Å². The SMILES string of the molecule is c1ccc2cc(-c3ccc4c5cc6c(cc5n5c7ccccc7c3c45)c3ccc(-c4ccc5ccccc5c4)c4c5ccccc5n6c34)ccc2c1. The van der Waals surface area contributed by atoms with Crippen LogP contribution in [0.5, 0.6) is 0 Å². The number of benzene rings is 9. The molecule has 13 aromatic rings. The Morgan fingerprint density at radius 3 is 1.17 bits per heavy atom. The Balaban J connectivity index is 1.15. The van der Waals surface area contributed by atoms with Crippen LogP contribution < -0.4 is 0 Å². The summed E-state index contributed by atoms with van der Waals surface area (Å²) in [5.41, 5.74) is 12.7. The Morgan fingerprint density at radius 1 is 0.269 bits per heavy atom. The summed E-state index contributed by atoms with van der Waals surface area (Å²) in [4.78, 5) is 0. The molecule has 52 heavy (non-hydrogen) atoms. The van der Waals surface area contributed by atoms with Gasteiger partial charge in [0, 0.05) is 43.1 Å². The molecule has 0 N–H and O–H groups in total. The highest BCUT2D eigenvalue weighted by Crippen LogP contribution is 2.48. The molecule has 0 amide bonds. The molecule has 0 fully saturated rings. The molecule has 0 saturated carbocycles. The van der Waals surface area contributed by atoms with Gasteiger partial charge in [-0.1, -0.05) is 133 Å². The van der Waals surface area contributed by atoms with Gasteiger partial charge in [-0.3, -0.25) is 0 Å². The third-order valence-corrected chi connectivity index (χ3v) is 11.9. The van der Waals surface area contributed by atoms with E-state index in [4.69, 9.17) is 0 Å². The number of nitrogens with zero attached hydrogens (tertiary/aromatic N) is 2. The van der Waals surface area contributed by atoms with E-state index in [2.05, 4.69) is 179 Å². The molecule has 0 aliphatic heterocycles. The zero-order chi connectivity index (χ0) is 33.7. The number of aromatic nitrogens is 2. The summed E-state index contributed by atoms with van der Waals surface area (Å²) in [6.07, 6.45) is 0. The van der Waals surface area contributed by atoms with E-state index < -0.39 is 0 Å². The molecule has 238 valence electrons. The summed E-state index contributed by atoms with van der Waals surface area (Å²) >= 11 is 0. The third kappa shape index (κ3) is 3.26. The standard InChI is InChI=1S/C50H28N2/c1-3-11-31-25-33(19-17-29(31)9-1)35-21-23-37-41-27-46-42(28-45(41)51-43-15-7-5-13-39(43)47(35)49(37)51)38-24-22-36(34-20-18-30-10-2-4-12-32(30)26-34)48-40-14-6-8-16-44(40)52(46)50(38)48/h1-28H. The first kappa shape index (κ1) is 26.9. The fourth-order valence-electron chi connectivity index (χ4n) is 9.70. The van der Waals surface area contributed by atoms with Crippen LogP contribution in [0.3, 0.4) is 0 Å². The highest BCUT2D eigenvalue weighted by molar-refractivity contribution is 6.32. The lowest BCUT2D eigenvalue weighted by Crippen LogP contribution is -1.83. The molecule has 0 saturated heterocycles. The van der Waals surface area contributed by atoms with Crippen LogP contribution in [-0.4, -0.2) is 8.80 Å². The van der Waals surface area contributed by atoms with E-state index >= 15 is 0 Å². The number of fused-ring (bicyclic) bond motifs is 14. The van der Waals surface area contributed by atoms with Gasteiger partial charge in [0.1, 0.15) is 0 Å². The summed E-state index contributed by atoms with van der Waals surface area (Å²) in [7, 11) is 0. The van der Waals surface area contributed by atoms with Crippen LogP contribution in [0.25, 0.3) is 120 Å². The van der Waals surface area contributed by atoms with Crippen LogP contribution in [0, 0.1) is 0 Å². The molecule has 0 atom stereocenters. The van der Waals surface area contributed by atoms with Gasteiger partial charge in [-0.05, 0) is 80.2 Å². The minimum absolute atomic E-state index is 1.25. The summed E-state index contributed by atoms with van der Waals surface area (Å²) in [5.74, 6) is 0. The summed E-state index contributed by atoms with van der Waals surface area (Å²) < 4.78 is 5.07. The van der Waals surface area contributed by atoms with E-state index in [1.54, 1.807) is 0 Å². The Kier molecular flexibility index (Phi) is 4.89. The molecule has 13 rings (SSSR count). The maximum Gasteiger partial charge on any atom is 0.0626 e. The molecule has 9 aromatic carbocycles. The molecule has 0 spiro atoms. The van der Waals surface area contributed by atoms with E-state index in [-0.39, 0.29) is 0 Å². The minimum Gasteiger partial charge on any atom is -0.308 e. The molecular weight excluding hydrogens is 629 g/mol. The Labute approximate surface area is 297 Å². The first-order chi connectivity index (χ1) is 25.8. The van der Waals surface area contributed by atoms with E-state index in [1.165, 1.54) is 120 Å². The van der Waals surface area contributed by atoms with E-state index in [1.807, 2.05) is 0 Å². The number of rotatable bonds is 2. The highest BCUT2D eigenvalue weighted by atomic mass is 14.9. The number of hydrogen-bond acceptors (Lipinski definition) is 0. The van der Waals surface area contributed by atoms with Crippen LogP contribution in [0.2, 0.25) is 0 Å². The summed E-state index contributed by atoms with van der Waals surface area (Å²) in [5, 5.41) is 15.5. The Bertz CT molecular complexity index is 3390. The van der Waals surface area contributed by atoms with Crippen molar-refractivity contribution in [2.24, 2.45) is 0 Å². The lowest BCUT2D eigenvalue weighted by atomic mass is 9.95. The van der Waals surface area contributed by atoms with E-state index in [0.717, 1.165) is 0 Å². The zero-order valence-electron chi connectivity index (χ0n) is 28.1. The van der Waals surface area contributed by atoms with Crippen molar-refractivity contribution < 1.29 is 0 Å². The van der Waals surface area contributed by atoms with Gasteiger partial charge < -0.3 is 8.80 Å². The summed E-state index contributed by atoms with van der Waals surface area (Å²) in [6, 6.07) is 63.4. The second-order valence-corrected chi connectivity index (χ2v) is 14.5. The molecule has 2 nitrogen and oxygen atoms in total. The lowest BCUT2D eigenvalue weighted by molar-refractivity contribution is 1.36. The number of hydrogen-bond donors (Lipinski definition) is 0. The van der Waals surface area contributed by atoms with Crippen LogP contribution >= 0.6 is 0 Å². The third-order valence-electron chi connectivity index (χ3n) is 11.9. The fraction of sp³-hybridized carbons (Fsp3) is 0. The Morgan fingerprint density at radius 2 is 0.692 bits per heavy atom. The quantitative estimate of drug-likeness (QED) is 0.175. The predicted molar refractivity (Wildman–Crippen MR) is 222 cm³/mol. The van der Waals surface area contributed by atoms with Crippen LogP contribution in [0.4, 0.5) is 0 Å². The van der Waals surface area contributed by atoms with Crippen LogP contribution in [0.1, 0.15) is 0 Å². The van der Waals surface area contributed by atoms with E-state index in [9.17, 15) is 0 Å². The van der Waals surface area contributed by atoms with Crippen molar-refractivity contribution in [1.29, 1.82) is 0 Å². The first-order valence-corrected chi connectivity index (χ1v) is 18.1. The van der Waals surface area contributed by atoms with Gasteiger partial charge >= 0.3 is 0 Å². The second kappa shape index (κ2) is 9.45. The maximum atomic E-state index is 2.53. The van der Waals surface area contributed by atoms with Gasteiger partial charge in [0.25, 0.3) is 0 Å². The van der Waals surface area contributed by atoms with Gasteiger partial charge in [0.2, 0.25) is 0 Å². The Hall–Kier alpha value is -6.90. The summed E-state index contributed by atoms with van der Waals surface area (Å²) in [6.45, 7) is 0. The normalized spacial score (nSPS) is 12.6. The highest BCUT2D eigenvalue weighted by Gasteiger charge is 2.25. The second-order valence-electron chi connectivity index (χ2n) is 14.5. The molecule has 0 unspecified atom stereocenters. The van der Waals surface area contributed by atoms with Crippen molar-refractivity contribution in [3.63, 3.8) is 0 Å². The van der Waals surface area contributed by atoms with E-state index in [0.29, 0.717) is 0 Å². The average molecular weight is 657 g/mol. The smallest absolute Gasteiger partial charge is 0.0626 e. The molecule has 4 heterocycles. The minimum atomic E-state index is 1.25. The van der Waals surface area contributed by atoms with Gasteiger partial charge in [-0.15, -0.1) is 0 Å². The van der Waals surface area contributed by atoms with Crippen molar-refractivity contribution in [3.05, 3.63) is 170 Å². The average Bonchev–Trinajstić information content (AvgIpc) is 3.93. The van der Waals surface area contributed by atoms with Crippen molar-refractivity contribution >= 4 is 97.7 Å².